The summed E-state index contributed by atoms with van der Waals surface area (Å²) in [6.45, 7) is 8.05. The van der Waals surface area contributed by atoms with Gasteiger partial charge in [0.1, 0.15) is 0 Å². The Morgan fingerprint density at radius 3 is 2.56 bits per heavy atom. The van der Waals surface area contributed by atoms with Gasteiger partial charge in [0.05, 0.1) is 12.2 Å². The van der Waals surface area contributed by atoms with Crippen LogP contribution in [0.2, 0.25) is 0 Å². The van der Waals surface area contributed by atoms with Gasteiger partial charge in [-0.25, -0.2) is 0 Å². The molecule has 0 spiro atoms. The van der Waals surface area contributed by atoms with E-state index in [1.807, 2.05) is 0 Å². The van der Waals surface area contributed by atoms with Crippen molar-refractivity contribution in [2.45, 2.75) is 71.1 Å². The Hall–Kier alpha value is -0.0800. The van der Waals surface area contributed by atoms with Gasteiger partial charge in [-0.15, -0.1) is 0 Å². The molecule has 1 aliphatic heterocycles. The number of rotatable bonds is 3. The third-order valence-electron chi connectivity index (χ3n) is 4.63. The normalized spacial score (nSPS) is 44.8. The Bertz CT molecular complexity index is 219. The Morgan fingerprint density at radius 1 is 1.06 bits per heavy atom. The molecule has 2 heteroatoms. The van der Waals surface area contributed by atoms with Gasteiger partial charge in [0.2, 0.25) is 0 Å². The van der Waals surface area contributed by atoms with Crippen LogP contribution in [0, 0.1) is 11.8 Å². The van der Waals surface area contributed by atoms with Crippen molar-refractivity contribution in [2.24, 2.45) is 11.8 Å². The van der Waals surface area contributed by atoms with E-state index in [9.17, 15) is 0 Å². The van der Waals surface area contributed by atoms with Crippen LogP contribution in [0.4, 0.5) is 0 Å². The Morgan fingerprint density at radius 2 is 1.88 bits per heavy atom. The molecule has 2 fully saturated rings. The van der Waals surface area contributed by atoms with Gasteiger partial charge in [-0.3, -0.25) is 0 Å². The fourth-order valence-corrected chi connectivity index (χ4v) is 3.19. The van der Waals surface area contributed by atoms with Crippen LogP contribution in [0.3, 0.4) is 0 Å². The molecule has 1 N–H and O–H groups in total. The Kier molecular flexibility index (Phi) is 4.26. The maximum atomic E-state index is 5.85. The second-order valence-corrected chi connectivity index (χ2v) is 5.93. The van der Waals surface area contributed by atoms with Gasteiger partial charge >= 0.3 is 0 Å². The molecule has 0 aromatic carbocycles. The fourth-order valence-electron chi connectivity index (χ4n) is 3.19. The smallest absolute Gasteiger partial charge is 0.0704 e. The highest BCUT2D eigenvalue weighted by molar-refractivity contribution is 4.84. The van der Waals surface area contributed by atoms with Crippen molar-refractivity contribution in [3.63, 3.8) is 0 Å². The van der Waals surface area contributed by atoms with Crippen LogP contribution < -0.4 is 5.32 Å². The van der Waals surface area contributed by atoms with Crippen LogP contribution in [0.25, 0.3) is 0 Å². The molecule has 0 aromatic rings. The topological polar surface area (TPSA) is 21.3 Å². The summed E-state index contributed by atoms with van der Waals surface area (Å²) >= 11 is 0. The SMILES string of the molecule is CC1CCC(CNC2CCCC(C)C2C)O1. The summed E-state index contributed by atoms with van der Waals surface area (Å²) in [4.78, 5) is 0. The van der Waals surface area contributed by atoms with Crippen molar-refractivity contribution in [3.8, 4) is 0 Å². The van der Waals surface area contributed by atoms with E-state index in [0.29, 0.717) is 12.2 Å². The number of hydrogen-bond donors (Lipinski definition) is 1. The first kappa shape index (κ1) is 12.4. The van der Waals surface area contributed by atoms with E-state index < -0.39 is 0 Å². The highest BCUT2D eigenvalue weighted by Crippen LogP contribution is 2.29. The van der Waals surface area contributed by atoms with E-state index in [4.69, 9.17) is 4.74 Å². The molecule has 5 unspecified atom stereocenters. The van der Waals surface area contributed by atoms with Crippen molar-refractivity contribution in [2.75, 3.05) is 6.54 Å². The molecule has 0 amide bonds. The van der Waals surface area contributed by atoms with E-state index in [2.05, 4.69) is 26.1 Å². The first-order valence-electron chi connectivity index (χ1n) is 7.05. The Labute approximate surface area is 100 Å². The van der Waals surface area contributed by atoms with Crippen LogP contribution in [0.15, 0.2) is 0 Å². The van der Waals surface area contributed by atoms with Gasteiger partial charge in [0.15, 0.2) is 0 Å². The molecule has 2 aliphatic rings. The third kappa shape index (κ3) is 2.98. The minimum absolute atomic E-state index is 0.472. The lowest BCUT2D eigenvalue weighted by molar-refractivity contribution is 0.0504. The molecule has 1 heterocycles. The second kappa shape index (κ2) is 5.50. The van der Waals surface area contributed by atoms with Gasteiger partial charge in [-0.05, 0) is 38.0 Å². The number of ether oxygens (including phenoxy) is 1. The maximum Gasteiger partial charge on any atom is 0.0704 e. The molecule has 1 saturated heterocycles. The van der Waals surface area contributed by atoms with Crippen LogP contribution in [0.1, 0.15) is 52.9 Å². The van der Waals surface area contributed by atoms with Gasteiger partial charge in [0.25, 0.3) is 0 Å². The molecular formula is C14H27NO. The van der Waals surface area contributed by atoms with E-state index >= 15 is 0 Å². The standard InChI is InChI=1S/C14H27NO/c1-10-5-4-6-14(12(10)3)15-9-13-8-7-11(2)16-13/h10-15H,4-9H2,1-3H3. The van der Waals surface area contributed by atoms with Crippen LogP contribution in [0.5, 0.6) is 0 Å². The van der Waals surface area contributed by atoms with Crippen molar-refractivity contribution in [1.29, 1.82) is 0 Å². The maximum absolute atomic E-state index is 5.85. The summed E-state index contributed by atoms with van der Waals surface area (Å²) in [7, 11) is 0. The van der Waals surface area contributed by atoms with Gasteiger partial charge in [0, 0.05) is 12.6 Å². The zero-order valence-electron chi connectivity index (χ0n) is 11.0. The van der Waals surface area contributed by atoms with Crippen LogP contribution in [-0.2, 0) is 4.74 Å². The molecule has 2 nitrogen and oxygen atoms in total. The van der Waals surface area contributed by atoms with Crippen molar-refractivity contribution in [3.05, 3.63) is 0 Å². The van der Waals surface area contributed by atoms with Crippen LogP contribution >= 0.6 is 0 Å². The minimum atomic E-state index is 0.472. The molecule has 16 heavy (non-hydrogen) atoms. The zero-order valence-corrected chi connectivity index (χ0v) is 11.0. The molecule has 1 aliphatic carbocycles. The molecule has 0 radical (unpaired) electrons. The van der Waals surface area contributed by atoms with Gasteiger partial charge in [-0.2, -0.15) is 0 Å². The summed E-state index contributed by atoms with van der Waals surface area (Å²) in [5, 5.41) is 3.74. The molecule has 2 rings (SSSR count). The van der Waals surface area contributed by atoms with E-state index in [0.717, 1.165) is 24.4 Å². The molecule has 0 aromatic heterocycles. The van der Waals surface area contributed by atoms with Gasteiger partial charge in [-0.1, -0.05) is 26.7 Å². The summed E-state index contributed by atoms with van der Waals surface area (Å²) in [5.74, 6) is 1.71. The molecule has 0 bridgehead atoms. The first-order chi connectivity index (χ1) is 7.66. The molecule has 5 atom stereocenters. The Balaban J connectivity index is 1.72. The second-order valence-electron chi connectivity index (χ2n) is 5.93. The predicted molar refractivity (Wildman–Crippen MR) is 67.5 cm³/mol. The van der Waals surface area contributed by atoms with Crippen molar-refractivity contribution < 1.29 is 4.74 Å². The largest absolute Gasteiger partial charge is 0.374 e. The lowest BCUT2D eigenvalue weighted by Gasteiger charge is -2.35. The molecule has 94 valence electrons. The first-order valence-corrected chi connectivity index (χ1v) is 7.05. The fraction of sp³-hybridized carbons (Fsp3) is 1.00. The van der Waals surface area contributed by atoms with Crippen molar-refractivity contribution in [1.82, 2.24) is 5.32 Å². The average Bonchev–Trinajstić information content (AvgIpc) is 2.67. The number of hydrogen-bond acceptors (Lipinski definition) is 2. The average molecular weight is 225 g/mol. The minimum Gasteiger partial charge on any atom is -0.374 e. The lowest BCUT2D eigenvalue weighted by atomic mass is 9.78. The zero-order chi connectivity index (χ0) is 11.5. The number of nitrogens with one attached hydrogen (secondary N) is 1. The molecule has 1 saturated carbocycles. The lowest BCUT2D eigenvalue weighted by Crippen LogP contribution is -2.43. The monoisotopic (exact) mass is 225 g/mol. The van der Waals surface area contributed by atoms with E-state index in [1.54, 1.807) is 0 Å². The van der Waals surface area contributed by atoms with Gasteiger partial charge < -0.3 is 10.1 Å². The summed E-state index contributed by atoms with van der Waals surface area (Å²) in [6.07, 6.45) is 7.59. The third-order valence-corrected chi connectivity index (χ3v) is 4.63. The van der Waals surface area contributed by atoms with E-state index in [1.165, 1.54) is 32.1 Å². The van der Waals surface area contributed by atoms with E-state index in [-0.39, 0.29) is 0 Å². The summed E-state index contributed by atoms with van der Waals surface area (Å²) in [6, 6.07) is 0.725. The summed E-state index contributed by atoms with van der Waals surface area (Å²) in [5.41, 5.74) is 0. The summed E-state index contributed by atoms with van der Waals surface area (Å²) < 4.78 is 5.85. The highest BCUT2D eigenvalue weighted by atomic mass is 16.5. The predicted octanol–water partition coefficient (Wildman–Crippen LogP) is 2.97. The highest BCUT2D eigenvalue weighted by Gasteiger charge is 2.28. The molecular weight excluding hydrogens is 198 g/mol. The van der Waals surface area contributed by atoms with Crippen LogP contribution in [-0.4, -0.2) is 24.8 Å². The van der Waals surface area contributed by atoms with Crippen molar-refractivity contribution >= 4 is 0 Å². The quantitative estimate of drug-likeness (QED) is 0.797.